The van der Waals surface area contributed by atoms with Crippen molar-refractivity contribution in [3.63, 3.8) is 0 Å². The fourth-order valence-corrected chi connectivity index (χ4v) is 2.24. The van der Waals surface area contributed by atoms with Gasteiger partial charge in [-0.1, -0.05) is 6.07 Å². The van der Waals surface area contributed by atoms with E-state index < -0.39 is 0 Å². The van der Waals surface area contributed by atoms with E-state index in [9.17, 15) is 4.39 Å². The molecule has 4 nitrogen and oxygen atoms in total. The van der Waals surface area contributed by atoms with E-state index in [1.54, 1.807) is 18.3 Å². The molecule has 0 spiro atoms. The molecule has 1 heterocycles. The average molecular weight is 277 g/mol. The number of hydrogen-bond acceptors (Lipinski definition) is 3. The molecule has 108 valence electrons. The number of aromatic nitrogens is 2. The first kappa shape index (κ1) is 14.5. The monoisotopic (exact) mass is 277 g/mol. The molecule has 0 fully saturated rings. The number of nitrogens with one attached hydrogen (secondary N) is 1. The van der Waals surface area contributed by atoms with Crippen LogP contribution in [-0.4, -0.2) is 22.9 Å². The Hall–Kier alpha value is -1.88. The van der Waals surface area contributed by atoms with E-state index in [1.165, 1.54) is 13.2 Å². The summed E-state index contributed by atoms with van der Waals surface area (Å²) >= 11 is 0. The van der Waals surface area contributed by atoms with Crippen LogP contribution in [0.4, 0.5) is 4.39 Å². The maximum Gasteiger partial charge on any atom is 0.131 e. The summed E-state index contributed by atoms with van der Waals surface area (Å²) < 4.78 is 20.8. The van der Waals surface area contributed by atoms with Crippen molar-refractivity contribution in [3.05, 3.63) is 48.0 Å². The summed E-state index contributed by atoms with van der Waals surface area (Å²) in [6.07, 6.45) is 3.66. The third kappa shape index (κ3) is 3.57. The van der Waals surface area contributed by atoms with Crippen LogP contribution >= 0.6 is 0 Å². The molecule has 1 aromatic carbocycles. The maximum absolute atomic E-state index is 14.0. The first-order valence-corrected chi connectivity index (χ1v) is 6.67. The number of halogens is 1. The van der Waals surface area contributed by atoms with Gasteiger partial charge in [0.2, 0.25) is 0 Å². The normalized spacial score (nSPS) is 14.0. The molecule has 0 amide bonds. The highest BCUT2D eigenvalue weighted by atomic mass is 19.1. The van der Waals surface area contributed by atoms with E-state index in [-0.39, 0.29) is 17.9 Å². The Morgan fingerprint density at radius 2 is 2.20 bits per heavy atom. The number of rotatable bonds is 6. The zero-order chi connectivity index (χ0) is 14.5. The van der Waals surface area contributed by atoms with Crippen LogP contribution in [0.2, 0.25) is 0 Å². The van der Waals surface area contributed by atoms with Crippen LogP contribution < -0.4 is 10.1 Å². The topological polar surface area (TPSA) is 39.1 Å². The van der Waals surface area contributed by atoms with Crippen molar-refractivity contribution in [2.24, 2.45) is 0 Å². The van der Waals surface area contributed by atoms with Crippen LogP contribution in [0.15, 0.2) is 36.7 Å². The summed E-state index contributed by atoms with van der Waals surface area (Å²) in [6, 6.07) is 6.93. The van der Waals surface area contributed by atoms with Gasteiger partial charge in [-0.15, -0.1) is 0 Å². The Kier molecular flexibility index (Phi) is 4.74. The molecule has 0 aliphatic heterocycles. The summed E-state index contributed by atoms with van der Waals surface area (Å²) in [5, 5.41) is 7.53. The smallest absolute Gasteiger partial charge is 0.131 e. The molecule has 2 rings (SSSR count). The number of methoxy groups -OCH3 is 1. The molecule has 5 heteroatoms. The molecule has 0 bridgehead atoms. The molecule has 0 saturated carbocycles. The number of hydrogen-bond donors (Lipinski definition) is 1. The zero-order valence-electron chi connectivity index (χ0n) is 12.0. The Morgan fingerprint density at radius 3 is 2.80 bits per heavy atom. The Bertz CT molecular complexity index is 542. The van der Waals surface area contributed by atoms with Gasteiger partial charge in [0.15, 0.2) is 0 Å². The van der Waals surface area contributed by atoms with Crippen molar-refractivity contribution in [1.29, 1.82) is 0 Å². The van der Waals surface area contributed by atoms with Crippen molar-refractivity contribution in [2.75, 3.05) is 7.11 Å². The van der Waals surface area contributed by atoms with E-state index in [0.29, 0.717) is 11.3 Å². The molecular formula is C15H20FN3O. The highest BCUT2D eigenvalue weighted by Crippen LogP contribution is 2.22. The van der Waals surface area contributed by atoms with E-state index >= 15 is 0 Å². The molecular weight excluding hydrogens is 257 g/mol. The molecule has 0 aliphatic carbocycles. The molecule has 0 radical (unpaired) electrons. The minimum Gasteiger partial charge on any atom is -0.497 e. The summed E-state index contributed by atoms with van der Waals surface area (Å²) in [7, 11) is 1.53. The van der Waals surface area contributed by atoms with E-state index in [1.807, 2.05) is 23.9 Å². The predicted molar refractivity (Wildman–Crippen MR) is 76.2 cm³/mol. The second-order valence-corrected chi connectivity index (χ2v) is 4.90. The Labute approximate surface area is 118 Å². The van der Waals surface area contributed by atoms with Gasteiger partial charge in [-0.2, -0.15) is 5.10 Å². The van der Waals surface area contributed by atoms with Crippen LogP contribution in [0.1, 0.15) is 25.5 Å². The SMILES string of the molecule is COc1ccc(C(C)NC(C)Cn2cccn2)c(F)c1. The van der Waals surface area contributed by atoms with Crippen molar-refractivity contribution >= 4 is 0 Å². The number of ether oxygens (including phenoxy) is 1. The second kappa shape index (κ2) is 6.52. The van der Waals surface area contributed by atoms with Crippen LogP contribution in [-0.2, 0) is 6.54 Å². The van der Waals surface area contributed by atoms with Crippen LogP contribution in [0.3, 0.4) is 0 Å². The van der Waals surface area contributed by atoms with E-state index in [4.69, 9.17) is 4.74 Å². The molecule has 0 saturated heterocycles. The van der Waals surface area contributed by atoms with Crippen LogP contribution in [0.25, 0.3) is 0 Å². The molecule has 2 atom stereocenters. The van der Waals surface area contributed by atoms with Crippen LogP contribution in [0.5, 0.6) is 5.75 Å². The lowest BCUT2D eigenvalue weighted by Crippen LogP contribution is -2.33. The summed E-state index contributed by atoms with van der Waals surface area (Å²) in [6.45, 7) is 4.75. The van der Waals surface area contributed by atoms with Crippen molar-refractivity contribution in [1.82, 2.24) is 15.1 Å². The maximum atomic E-state index is 14.0. The van der Waals surface area contributed by atoms with Gasteiger partial charge in [0, 0.05) is 36.1 Å². The quantitative estimate of drug-likeness (QED) is 0.882. The van der Waals surface area contributed by atoms with Gasteiger partial charge in [-0.05, 0) is 26.0 Å². The van der Waals surface area contributed by atoms with Gasteiger partial charge >= 0.3 is 0 Å². The van der Waals surface area contributed by atoms with E-state index in [0.717, 1.165) is 6.54 Å². The van der Waals surface area contributed by atoms with Crippen molar-refractivity contribution in [3.8, 4) is 5.75 Å². The first-order valence-electron chi connectivity index (χ1n) is 6.67. The molecule has 1 aromatic heterocycles. The summed E-state index contributed by atoms with van der Waals surface area (Å²) in [5.41, 5.74) is 0.637. The fraction of sp³-hybridized carbons (Fsp3) is 0.400. The van der Waals surface area contributed by atoms with Gasteiger partial charge in [0.05, 0.1) is 13.7 Å². The zero-order valence-corrected chi connectivity index (χ0v) is 12.0. The van der Waals surface area contributed by atoms with E-state index in [2.05, 4.69) is 17.3 Å². The number of nitrogens with zero attached hydrogens (tertiary/aromatic N) is 2. The molecule has 20 heavy (non-hydrogen) atoms. The molecule has 0 aliphatic rings. The second-order valence-electron chi connectivity index (χ2n) is 4.90. The lowest BCUT2D eigenvalue weighted by molar-refractivity contribution is 0.398. The summed E-state index contributed by atoms with van der Waals surface area (Å²) in [4.78, 5) is 0. The lowest BCUT2D eigenvalue weighted by Gasteiger charge is -2.21. The fourth-order valence-electron chi connectivity index (χ4n) is 2.24. The molecule has 2 aromatic rings. The van der Waals surface area contributed by atoms with Gasteiger partial charge in [-0.25, -0.2) is 4.39 Å². The van der Waals surface area contributed by atoms with Gasteiger partial charge in [0.25, 0.3) is 0 Å². The molecule has 2 unspecified atom stereocenters. The van der Waals surface area contributed by atoms with Gasteiger partial charge in [-0.3, -0.25) is 4.68 Å². The predicted octanol–water partition coefficient (Wildman–Crippen LogP) is 2.77. The minimum absolute atomic E-state index is 0.0773. The minimum atomic E-state index is -0.254. The largest absolute Gasteiger partial charge is 0.497 e. The molecule has 1 N–H and O–H groups in total. The highest BCUT2D eigenvalue weighted by Gasteiger charge is 2.14. The summed E-state index contributed by atoms with van der Waals surface area (Å²) in [5.74, 6) is 0.277. The van der Waals surface area contributed by atoms with Gasteiger partial charge < -0.3 is 10.1 Å². The lowest BCUT2D eigenvalue weighted by atomic mass is 10.1. The Morgan fingerprint density at radius 1 is 1.40 bits per heavy atom. The number of benzene rings is 1. The van der Waals surface area contributed by atoms with Crippen LogP contribution in [0, 0.1) is 5.82 Å². The third-order valence-corrected chi connectivity index (χ3v) is 3.23. The first-order chi connectivity index (χ1) is 9.60. The Balaban J connectivity index is 1.98. The average Bonchev–Trinajstić information content (AvgIpc) is 2.90. The van der Waals surface area contributed by atoms with Crippen molar-refractivity contribution in [2.45, 2.75) is 32.5 Å². The highest BCUT2D eigenvalue weighted by molar-refractivity contribution is 5.30. The standard InChI is InChI=1S/C15H20FN3O/c1-11(10-19-8-4-7-17-19)18-12(2)14-6-5-13(20-3)9-15(14)16/h4-9,11-12,18H,10H2,1-3H3. The van der Waals surface area contributed by atoms with Crippen molar-refractivity contribution < 1.29 is 9.13 Å². The third-order valence-electron chi connectivity index (χ3n) is 3.23. The van der Waals surface area contributed by atoms with Gasteiger partial charge in [0.1, 0.15) is 11.6 Å².